The standard InChI is InChI=1S/C19H26N4O3/c1-4-15-11-16(26-22-15)12-21-19(20-5-2)23(3)13-14-6-7-17-18(10-14)25-9-8-24-17/h6-7,10-11H,4-5,8-9,12-13H2,1-3H3,(H,20,21). The Hall–Kier alpha value is -2.70. The maximum Gasteiger partial charge on any atom is 0.194 e. The SMILES string of the molecule is CCNC(=NCc1cc(CC)no1)N(C)Cc1ccc2c(c1)OCCO2. The molecule has 1 aromatic heterocycles. The Morgan fingerprint density at radius 1 is 1.19 bits per heavy atom. The van der Waals surface area contributed by atoms with Gasteiger partial charge in [0.25, 0.3) is 0 Å². The smallest absolute Gasteiger partial charge is 0.194 e. The van der Waals surface area contributed by atoms with E-state index >= 15 is 0 Å². The van der Waals surface area contributed by atoms with Crippen molar-refractivity contribution in [2.24, 2.45) is 4.99 Å². The van der Waals surface area contributed by atoms with Gasteiger partial charge in [-0.1, -0.05) is 18.1 Å². The first-order chi connectivity index (χ1) is 12.7. The van der Waals surface area contributed by atoms with E-state index in [0.29, 0.717) is 26.3 Å². The predicted molar refractivity (Wildman–Crippen MR) is 99.6 cm³/mol. The summed E-state index contributed by atoms with van der Waals surface area (Å²) in [5.41, 5.74) is 2.08. The van der Waals surface area contributed by atoms with E-state index in [4.69, 9.17) is 14.0 Å². The van der Waals surface area contributed by atoms with Gasteiger partial charge in [0.15, 0.2) is 23.2 Å². The number of nitrogens with one attached hydrogen (secondary N) is 1. The van der Waals surface area contributed by atoms with E-state index in [0.717, 1.165) is 47.4 Å². The molecule has 0 aliphatic carbocycles. The molecule has 0 bridgehead atoms. The van der Waals surface area contributed by atoms with Gasteiger partial charge in [-0.05, 0) is 31.0 Å². The van der Waals surface area contributed by atoms with Crippen molar-refractivity contribution in [2.45, 2.75) is 33.4 Å². The molecule has 0 radical (unpaired) electrons. The zero-order chi connectivity index (χ0) is 18.4. The van der Waals surface area contributed by atoms with Crippen LogP contribution in [0.1, 0.15) is 30.9 Å². The molecule has 2 heterocycles. The van der Waals surface area contributed by atoms with Crippen LogP contribution in [-0.2, 0) is 19.5 Å². The number of hydrogen-bond acceptors (Lipinski definition) is 5. The van der Waals surface area contributed by atoms with Crippen LogP contribution in [0.15, 0.2) is 33.8 Å². The number of hydrogen-bond donors (Lipinski definition) is 1. The summed E-state index contributed by atoms with van der Waals surface area (Å²) < 4.78 is 16.6. The fourth-order valence-corrected chi connectivity index (χ4v) is 2.75. The van der Waals surface area contributed by atoms with Crippen molar-refractivity contribution in [3.8, 4) is 11.5 Å². The van der Waals surface area contributed by atoms with Crippen molar-refractivity contribution >= 4 is 5.96 Å². The third-order valence-electron chi connectivity index (χ3n) is 4.08. The maximum atomic E-state index is 5.66. The molecule has 7 nitrogen and oxygen atoms in total. The largest absolute Gasteiger partial charge is 0.486 e. The molecule has 0 amide bonds. The Kier molecular flexibility index (Phi) is 5.99. The summed E-state index contributed by atoms with van der Waals surface area (Å²) in [4.78, 5) is 6.73. The summed E-state index contributed by atoms with van der Waals surface area (Å²) >= 11 is 0. The van der Waals surface area contributed by atoms with Crippen molar-refractivity contribution in [1.29, 1.82) is 0 Å². The van der Waals surface area contributed by atoms with E-state index in [9.17, 15) is 0 Å². The molecule has 140 valence electrons. The maximum absolute atomic E-state index is 5.66. The molecule has 2 aromatic rings. The van der Waals surface area contributed by atoms with E-state index in [1.165, 1.54) is 0 Å². The lowest BCUT2D eigenvalue weighted by molar-refractivity contribution is 0.171. The van der Waals surface area contributed by atoms with Crippen LogP contribution in [0.2, 0.25) is 0 Å². The molecule has 1 N–H and O–H groups in total. The molecule has 0 fully saturated rings. The third kappa shape index (κ3) is 4.47. The van der Waals surface area contributed by atoms with Gasteiger partial charge in [0.1, 0.15) is 19.8 Å². The summed E-state index contributed by atoms with van der Waals surface area (Å²) in [6.07, 6.45) is 0.858. The van der Waals surface area contributed by atoms with Crippen molar-refractivity contribution in [3.63, 3.8) is 0 Å². The van der Waals surface area contributed by atoms with Crippen molar-refractivity contribution in [3.05, 3.63) is 41.3 Å². The Bertz CT molecular complexity index is 757. The Morgan fingerprint density at radius 3 is 2.73 bits per heavy atom. The van der Waals surface area contributed by atoms with Crippen molar-refractivity contribution in [2.75, 3.05) is 26.8 Å². The molecule has 7 heteroatoms. The van der Waals surface area contributed by atoms with E-state index in [2.05, 4.69) is 40.3 Å². The quantitative estimate of drug-likeness (QED) is 0.632. The summed E-state index contributed by atoms with van der Waals surface area (Å²) in [7, 11) is 2.01. The van der Waals surface area contributed by atoms with Crippen molar-refractivity contribution < 1.29 is 14.0 Å². The van der Waals surface area contributed by atoms with Crippen LogP contribution in [0.25, 0.3) is 0 Å². The van der Waals surface area contributed by atoms with Gasteiger partial charge in [-0.2, -0.15) is 0 Å². The third-order valence-corrected chi connectivity index (χ3v) is 4.08. The molecule has 26 heavy (non-hydrogen) atoms. The normalized spacial score (nSPS) is 13.6. The summed E-state index contributed by atoms with van der Waals surface area (Å²) in [5, 5.41) is 7.32. The predicted octanol–water partition coefficient (Wildman–Crippen LogP) is 2.61. The van der Waals surface area contributed by atoms with Crippen LogP contribution < -0.4 is 14.8 Å². The molecule has 1 aliphatic rings. The minimum absolute atomic E-state index is 0.459. The Balaban J connectivity index is 1.67. The number of fused-ring (bicyclic) bond motifs is 1. The first-order valence-electron chi connectivity index (χ1n) is 9.02. The highest BCUT2D eigenvalue weighted by Gasteiger charge is 2.14. The van der Waals surface area contributed by atoms with Gasteiger partial charge in [0.2, 0.25) is 0 Å². The average Bonchev–Trinajstić information content (AvgIpc) is 3.13. The van der Waals surface area contributed by atoms with Gasteiger partial charge >= 0.3 is 0 Å². The molecular formula is C19H26N4O3. The zero-order valence-corrected chi connectivity index (χ0v) is 15.6. The van der Waals surface area contributed by atoms with Gasteiger partial charge in [-0.15, -0.1) is 0 Å². The molecule has 3 rings (SSSR count). The number of benzene rings is 1. The monoisotopic (exact) mass is 358 g/mol. The van der Waals surface area contributed by atoms with Gasteiger partial charge in [-0.25, -0.2) is 4.99 Å². The second kappa shape index (κ2) is 8.60. The van der Waals surface area contributed by atoms with Crippen LogP contribution >= 0.6 is 0 Å². The summed E-state index contributed by atoms with van der Waals surface area (Å²) in [6, 6.07) is 7.99. The molecule has 0 saturated carbocycles. The molecule has 0 saturated heterocycles. The number of aliphatic imine (C=N–C) groups is 1. The highest BCUT2D eigenvalue weighted by Crippen LogP contribution is 2.31. The number of nitrogens with zero attached hydrogens (tertiary/aromatic N) is 3. The van der Waals surface area contributed by atoms with Crippen LogP contribution in [-0.4, -0.2) is 42.8 Å². The number of ether oxygens (including phenoxy) is 2. The molecule has 1 aromatic carbocycles. The Morgan fingerprint density at radius 2 is 2.00 bits per heavy atom. The van der Waals surface area contributed by atoms with Crippen LogP contribution in [0, 0.1) is 0 Å². The first kappa shape index (κ1) is 18.1. The lowest BCUT2D eigenvalue weighted by atomic mass is 10.2. The minimum Gasteiger partial charge on any atom is -0.486 e. The molecule has 0 spiro atoms. The Labute approximate surface area is 154 Å². The molecule has 1 aliphatic heterocycles. The number of guanidine groups is 1. The van der Waals surface area contributed by atoms with E-state index in [-0.39, 0.29) is 0 Å². The molecular weight excluding hydrogens is 332 g/mol. The molecule has 0 unspecified atom stereocenters. The zero-order valence-electron chi connectivity index (χ0n) is 15.6. The average molecular weight is 358 g/mol. The van der Waals surface area contributed by atoms with Gasteiger partial charge in [-0.3, -0.25) is 0 Å². The van der Waals surface area contributed by atoms with Gasteiger partial charge < -0.3 is 24.2 Å². The first-order valence-corrected chi connectivity index (χ1v) is 9.02. The fourth-order valence-electron chi connectivity index (χ4n) is 2.75. The second-order valence-corrected chi connectivity index (χ2v) is 6.14. The van der Waals surface area contributed by atoms with E-state index in [1.807, 2.05) is 25.2 Å². The van der Waals surface area contributed by atoms with Crippen molar-refractivity contribution in [1.82, 2.24) is 15.4 Å². The summed E-state index contributed by atoms with van der Waals surface area (Å²) in [6.45, 7) is 7.26. The lowest BCUT2D eigenvalue weighted by Gasteiger charge is -2.23. The van der Waals surface area contributed by atoms with Crippen LogP contribution in [0.3, 0.4) is 0 Å². The van der Waals surface area contributed by atoms with Crippen LogP contribution in [0.4, 0.5) is 0 Å². The highest BCUT2D eigenvalue weighted by molar-refractivity contribution is 5.79. The minimum atomic E-state index is 0.459. The van der Waals surface area contributed by atoms with Crippen LogP contribution in [0.5, 0.6) is 11.5 Å². The second-order valence-electron chi connectivity index (χ2n) is 6.14. The van der Waals surface area contributed by atoms with E-state index in [1.54, 1.807) is 0 Å². The van der Waals surface area contributed by atoms with Gasteiger partial charge in [0, 0.05) is 26.2 Å². The fraction of sp³-hybridized carbons (Fsp3) is 0.474. The number of aryl methyl sites for hydroxylation is 1. The van der Waals surface area contributed by atoms with E-state index < -0.39 is 0 Å². The number of rotatable bonds is 6. The highest BCUT2D eigenvalue weighted by atomic mass is 16.6. The van der Waals surface area contributed by atoms with Gasteiger partial charge in [0.05, 0.1) is 5.69 Å². The molecule has 0 atom stereocenters. The summed E-state index contributed by atoms with van der Waals surface area (Å²) in [5.74, 6) is 3.19. The topological polar surface area (TPSA) is 72.1 Å². The lowest BCUT2D eigenvalue weighted by Crippen LogP contribution is -2.38. The number of aromatic nitrogens is 1.